The topological polar surface area (TPSA) is 40.5 Å². The van der Waals surface area contributed by atoms with Gasteiger partial charge in [0.2, 0.25) is 0 Å². The molecule has 0 saturated carbocycles. The maximum atomic E-state index is 9.59. The molecule has 1 aliphatic rings. The van der Waals surface area contributed by atoms with Crippen molar-refractivity contribution in [1.82, 2.24) is 0 Å². The van der Waals surface area contributed by atoms with Crippen LogP contribution in [-0.4, -0.2) is 22.4 Å². The van der Waals surface area contributed by atoms with Gasteiger partial charge in [-0.2, -0.15) is 0 Å². The predicted molar refractivity (Wildman–Crippen MR) is 44.1 cm³/mol. The quantitative estimate of drug-likeness (QED) is 0.512. The summed E-state index contributed by atoms with van der Waals surface area (Å²) in [5.41, 5.74) is 0. The molecule has 0 aliphatic heterocycles. The van der Waals surface area contributed by atoms with Crippen LogP contribution in [0.25, 0.3) is 0 Å². The van der Waals surface area contributed by atoms with Gasteiger partial charge >= 0.3 is 0 Å². The first-order valence-electron chi connectivity index (χ1n) is 4.15. The lowest BCUT2D eigenvalue weighted by Gasteiger charge is -2.23. The molecule has 11 heavy (non-hydrogen) atoms. The van der Waals surface area contributed by atoms with E-state index in [4.69, 9.17) is 0 Å². The van der Waals surface area contributed by atoms with Crippen LogP contribution in [0.1, 0.15) is 20.3 Å². The lowest BCUT2D eigenvalue weighted by molar-refractivity contribution is 0.0102. The summed E-state index contributed by atoms with van der Waals surface area (Å²) < 4.78 is 0. The molecule has 0 aromatic rings. The van der Waals surface area contributed by atoms with E-state index >= 15 is 0 Å². The van der Waals surface area contributed by atoms with Crippen molar-refractivity contribution in [2.75, 3.05) is 0 Å². The fraction of sp³-hybridized carbons (Fsp3) is 0.778. The Kier molecular flexibility index (Phi) is 2.68. The highest BCUT2D eigenvalue weighted by Gasteiger charge is 2.26. The third-order valence-corrected chi connectivity index (χ3v) is 2.50. The average Bonchev–Trinajstić information content (AvgIpc) is 2.07. The summed E-state index contributed by atoms with van der Waals surface area (Å²) in [6.45, 7) is 3.86. The first-order valence-corrected chi connectivity index (χ1v) is 4.15. The Balaban J connectivity index is 2.68. The summed E-state index contributed by atoms with van der Waals surface area (Å²) in [7, 11) is 0. The van der Waals surface area contributed by atoms with Crippen LogP contribution in [-0.2, 0) is 0 Å². The number of rotatable bonds is 0. The maximum absolute atomic E-state index is 9.59. The minimum atomic E-state index is -0.399. The summed E-state index contributed by atoms with van der Waals surface area (Å²) in [5, 5.41) is 19.0. The first kappa shape index (κ1) is 8.75. The summed E-state index contributed by atoms with van der Waals surface area (Å²) in [4.78, 5) is 0. The molecule has 1 rings (SSSR count). The van der Waals surface area contributed by atoms with Crippen molar-refractivity contribution in [2.45, 2.75) is 32.5 Å². The highest BCUT2D eigenvalue weighted by atomic mass is 16.3. The Morgan fingerprint density at radius 2 is 1.91 bits per heavy atom. The van der Waals surface area contributed by atoms with Gasteiger partial charge in [0.05, 0.1) is 12.2 Å². The van der Waals surface area contributed by atoms with Gasteiger partial charge in [0.15, 0.2) is 0 Å². The zero-order chi connectivity index (χ0) is 8.43. The van der Waals surface area contributed by atoms with Gasteiger partial charge < -0.3 is 10.2 Å². The Morgan fingerprint density at radius 3 is 2.55 bits per heavy atom. The molecule has 0 amide bonds. The summed E-state index contributed by atoms with van der Waals surface area (Å²) in [5.74, 6) is 0.155. The molecule has 0 aromatic heterocycles. The van der Waals surface area contributed by atoms with Crippen LogP contribution < -0.4 is 0 Å². The number of hydrogen-bond donors (Lipinski definition) is 2. The standard InChI is InChI=1S/C9H16O2/c1-6-4-3-5-8(10)7(2)9(6)11/h3-4,6-11H,5H2,1-2H3/t6-,7+,8-,9-/m0/s1. The van der Waals surface area contributed by atoms with E-state index in [-0.39, 0.29) is 17.9 Å². The highest BCUT2D eigenvalue weighted by molar-refractivity contribution is 4.98. The van der Waals surface area contributed by atoms with Crippen molar-refractivity contribution >= 4 is 0 Å². The Morgan fingerprint density at radius 1 is 1.27 bits per heavy atom. The van der Waals surface area contributed by atoms with E-state index in [2.05, 4.69) is 0 Å². The molecular formula is C9H16O2. The molecule has 0 saturated heterocycles. The third kappa shape index (κ3) is 1.82. The van der Waals surface area contributed by atoms with Gasteiger partial charge in [-0.3, -0.25) is 0 Å². The minimum absolute atomic E-state index is 0.0139. The monoisotopic (exact) mass is 156 g/mol. The minimum Gasteiger partial charge on any atom is -0.392 e. The maximum Gasteiger partial charge on any atom is 0.0650 e. The van der Waals surface area contributed by atoms with E-state index in [1.807, 2.05) is 26.0 Å². The number of hydrogen-bond acceptors (Lipinski definition) is 2. The van der Waals surface area contributed by atoms with Crippen LogP contribution in [0, 0.1) is 11.8 Å². The second kappa shape index (κ2) is 3.37. The van der Waals surface area contributed by atoms with Gasteiger partial charge in [-0.1, -0.05) is 26.0 Å². The summed E-state index contributed by atoms with van der Waals surface area (Å²) >= 11 is 0. The van der Waals surface area contributed by atoms with E-state index in [0.717, 1.165) is 0 Å². The van der Waals surface area contributed by atoms with E-state index in [9.17, 15) is 10.2 Å². The van der Waals surface area contributed by atoms with Crippen LogP contribution in [0.3, 0.4) is 0 Å². The first-order chi connectivity index (χ1) is 5.13. The summed E-state index contributed by atoms with van der Waals surface area (Å²) in [6.07, 6.45) is 3.80. The number of aliphatic hydroxyl groups is 2. The Labute approximate surface area is 67.6 Å². The Bertz CT molecular complexity index is 154. The summed E-state index contributed by atoms with van der Waals surface area (Å²) in [6, 6.07) is 0. The molecule has 0 fully saturated rings. The van der Waals surface area contributed by atoms with Gasteiger partial charge in [0, 0.05) is 11.8 Å². The third-order valence-electron chi connectivity index (χ3n) is 2.50. The van der Waals surface area contributed by atoms with Crippen LogP contribution in [0.4, 0.5) is 0 Å². The van der Waals surface area contributed by atoms with E-state index in [0.29, 0.717) is 6.42 Å². The van der Waals surface area contributed by atoms with Gasteiger partial charge in [-0.05, 0) is 6.42 Å². The molecule has 0 unspecified atom stereocenters. The average molecular weight is 156 g/mol. The van der Waals surface area contributed by atoms with Crippen molar-refractivity contribution in [3.8, 4) is 0 Å². The molecule has 2 heteroatoms. The van der Waals surface area contributed by atoms with Crippen LogP contribution >= 0.6 is 0 Å². The fourth-order valence-electron chi connectivity index (χ4n) is 1.47. The molecule has 64 valence electrons. The molecule has 2 N–H and O–H groups in total. The zero-order valence-corrected chi connectivity index (χ0v) is 7.07. The van der Waals surface area contributed by atoms with Crippen LogP contribution in [0.5, 0.6) is 0 Å². The normalized spacial score (nSPS) is 45.5. The number of aliphatic hydroxyl groups excluding tert-OH is 2. The molecule has 0 radical (unpaired) electrons. The zero-order valence-electron chi connectivity index (χ0n) is 7.07. The van der Waals surface area contributed by atoms with Crippen molar-refractivity contribution in [2.24, 2.45) is 11.8 Å². The van der Waals surface area contributed by atoms with Crippen molar-refractivity contribution in [3.63, 3.8) is 0 Å². The molecule has 0 bridgehead atoms. The lowest BCUT2D eigenvalue weighted by Crippen LogP contribution is -2.31. The van der Waals surface area contributed by atoms with E-state index < -0.39 is 6.10 Å². The second-order valence-electron chi connectivity index (χ2n) is 3.44. The molecule has 2 nitrogen and oxygen atoms in total. The lowest BCUT2D eigenvalue weighted by atomic mass is 9.91. The van der Waals surface area contributed by atoms with E-state index in [1.165, 1.54) is 0 Å². The van der Waals surface area contributed by atoms with Crippen molar-refractivity contribution < 1.29 is 10.2 Å². The molecule has 0 aromatic carbocycles. The predicted octanol–water partition coefficient (Wildman–Crippen LogP) is 0.940. The van der Waals surface area contributed by atoms with Gasteiger partial charge in [-0.25, -0.2) is 0 Å². The molecular weight excluding hydrogens is 140 g/mol. The molecule has 0 heterocycles. The smallest absolute Gasteiger partial charge is 0.0650 e. The Hall–Kier alpha value is -0.340. The van der Waals surface area contributed by atoms with Crippen LogP contribution in [0.2, 0.25) is 0 Å². The molecule has 4 atom stereocenters. The highest BCUT2D eigenvalue weighted by Crippen LogP contribution is 2.23. The van der Waals surface area contributed by atoms with Crippen LogP contribution in [0.15, 0.2) is 12.2 Å². The van der Waals surface area contributed by atoms with Gasteiger partial charge in [0.25, 0.3) is 0 Å². The van der Waals surface area contributed by atoms with Crippen molar-refractivity contribution in [3.05, 3.63) is 12.2 Å². The fourth-order valence-corrected chi connectivity index (χ4v) is 1.47. The molecule has 1 aliphatic carbocycles. The van der Waals surface area contributed by atoms with E-state index in [1.54, 1.807) is 0 Å². The van der Waals surface area contributed by atoms with Crippen molar-refractivity contribution in [1.29, 1.82) is 0 Å². The molecule has 0 spiro atoms. The van der Waals surface area contributed by atoms with Gasteiger partial charge in [0.1, 0.15) is 0 Å². The largest absolute Gasteiger partial charge is 0.392 e. The SMILES string of the molecule is C[C@H]1[C@@H](O)[C@@H](C)C=CC[C@@H]1O. The van der Waals surface area contributed by atoms with Gasteiger partial charge in [-0.15, -0.1) is 0 Å². The second-order valence-corrected chi connectivity index (χ2v) is 3.44.